The van der Waals surface area contributed by atoms with Crippen LogP contribution in [0.2, 0.25) is 0 Å². The van der Waals surface area contributed by atoms with Crippen LogP contribution in [0.1, 0.15) is 45.4 Å². The first kappa shape index (κ1) is 13.2. The molecule has 4 bridgehead atoms. The lowest BCUT2D eigenvalue weighted by atomic mass is 9.49. The summed E-state index contributed by atoms with van der Waals surface area (Å²) in [6.45, 7) is 5.43. The van der Waals surface area contributed by atoms with E-state index in [0.717, 1.165) is 18.3 Å². The molecule has 0 aliphatic heterocycles. The van der Waals surface area contributed by atoms with Gasteiger partial charge in [0.15, 0.2) is 0 Å². The van der Waals surface area contributed by atoms with Crippen LogP contribution in [-0.4, -0.2) is 23.3 Å². The van der Waals surface area contributed by atoms with Crippen molar-refractivity contribution in [1.82, 2.24) is 0 Å². The molecule has 0 aromatic rings. The van der Waals surface area contributed by atoms with Crippen LogP contribution in [0, 0.1) is 23.7 Å². The summed E-state index contributed by atoms with van der Waals surface area (Å²) >= 11 is 0. The number of ether oxygens (including phenoxy) is 1. The largest absolute Gasteiger partial charge is 0.455 e. The highest BCUT2D eigenvalue weighted by Crippen LogP contribution is 2.60. The van der Waals surface area contributed by atoms with E-state index in [9.17, 15) is 4.79 Å². The molecule has 4 aliphatic rings. The van der Waals surface area contributed by atoms with Gasteiger partial charge in [-0.25, -0.2) is 4.79 Å². The normalized spacial score (nSPS) is 43.3. The molecular weight excluding hydrogens is 240 g/mol. The zero-order valence-electron chi connectivity index (χ0n) is 11.7. The Morgan fingerprint density at radius 1 is 1.21 bits per heavy atom. The van der Waals surface area contributed by atoms with E-state index in [-0.39, 0.29) is 17.8 Å². The number of hydrogen-bond acceptors (Lipinski definition) is 3. The molecule has 0 heterocycles. The maximum atomic E-state index is 12.0. The van der Waals surface area contributed by atoms with E-state index in [1.165, 1.54) is 32.1 Å². The van der Waals surface area contributed by atoms with E-state index in [1.807, 2.05) is 0 Å². The fourth-order valence-electron chi connectivity index (χ4n) is 5.11. The maximum Gasteiger partial charge on any atom is 0.336 e. The van der Waals surface area contributed by atoms with Gasteiger partial charge in [0.25, 0.3) is 0 Å². The number of carbonyl (C=O) groups is 1. The Kier molecular flexibility index (Phi) is 3.20. The van der Waals surface area contributed by atoms with Crippen LogP contribution in [0.3, 0.4) is 0 Å². The second-order valence-electron chi connectivity index (χ2n) is 6.76. The Bertz CT molecular complexity index is 371. The molecule has 0 aromatic carbocycles. The Morgan fingerprint density at radius 2 is 1.74 bits per heavy atom. The lowest BCUT2D eigenvalue weighted by Gasteiger charge is -2.60. The van der Waals surface area contributed by atoms with Crippen LogP contribution >= 0.6 is 0 Å². The van der Waals surface area contributed by atoms with Crippen LogP contribution in [0.15, 0.2) is 12.2 Å². The Labute approximate surface area is 115 Å². The van der Waals surface area contributed by atoms with E-state index in [0.29, 0.717) is 11.8 Å². The first-order chi connectivity index (χ1) is 9.09. The molecule has 4 rings (SSSR count). The summed E-state index contributed by atoms with van der Waals surface area (Å²) in [6.07, 6.45) is 7.18. The summed E-state index contributed by atoms with van der Waals surface area (Å²) in [5, 5.41) is 9.04. The van der Waals surface area contributed by atoms with Crippen LogP contribution in [-0.2, 0) is 9.53 Å². The summed E-state index contributed by atoms with van der Waals surface area (Å²) in [5.74, 6) is 2.40. The fourth-order valence-corrected chi connectivity index (χ4v) is 5.11. The van der Waals surface area contributed by atoms with Crippen LogP contribution in [0.4, 0.5) is 0 Å². The summed E-state index contributed by atoms with van der Waals surface area (Å²) in [7, 11) is 0. The van der Waals surface area contributed by atoms with Gasteiger partial charge in [-0.05, 0) is 62.2 Å². The SMILES string of the molecule is C=C(CO)C(=O)OC1(CC)C2CC3CC(C2)CC1C3. The molecule has 19 heavy (non-hydrogen) atoms. The van der Waals surface area contributed by atoms with E-state index < -0.39 is 5.97 Å². The minimum atomic E-state index is -0.392. The second-order valence-corrected chi connectivity index (χ2v) is 6.76. The van der Waals surface area contributed by atoms with Crippen molar-refractivity contribution in [2.24, 2.45) is 23.7 Å². The molecule has 0 saturated heterocycles. The minimum absolute atomic E-state index is 0.182. The van der Waals surface area contributed by atoms with Gasteiger partial charge in [0.05, 0.1) is 12.2 Å². The van der Waals surface area contributed by atoms with Gasteiger partial charge in [-0.1, -0.05) is 13.5 Å². The molecule has 4 aliphatic carbocycles. The van der Waals surface area contributed by atoms with Crippen LogP contribution in [0.5, 0.6) is 0 Å². The van der Waals surface area contributed by atoms with Crippen molar-refractivity contribution < 1.29 is 14.6 Å². The quantitative estimate of drug-likeness (QED) is 0.627. The average Bonchev–Trinajstić information content (AvgIpc) is 2.41. The van der Waals surface area contributed by atoms with Crippen molar-refractivity contribution in [3.05, 3.63) is 12.2 Å². The number of aliphatic hydroxyl groups excluding tert-OH is 1. The monoisotopic (exact) mass is 264 g/mol. The highest BCUT2D eigenvalue weighted by atomic mass is 16.6. The van der Waals surface area contributed by atoms with Crippen molar-refractivity contribution >= 4 is 5.97 Å². The number of rotatable bonds is 4. The number of carbonyl (C=O) groups excluding carboxylic acids is 1. The van der Waals surface area contributed by atoms with Gasteiger partial charge in [0.2, 0.25) is 0 Å². The van der Waals surface area contributed by atoms with E-state index in [1.54, 1.807) is 0 Å². The van der Waals surface area contributed by atoms with Gasteiger partial charge < -0.3 is 9.84 Å². The molecule has 1 N–H and O–H groups in total. The summed E-state index contributed by atoms with van der Waals surface area (Å²) in [4.78, 5) is 12.0. The third-order valence-electron chi connectivity index (χ3n) is 5.83. The van der Waals surface area contributed by atoms with Gasteiger partial charge in [-0.15, -0.1) is 0 Å². The lowest BCUT2D eigenvalue weighted by molar-refractivity contribution is -0.207. The zero-order chi connectivity index (χ0) is 13.6. The van der Waals surface area contributed by atoms with Gasteiger partial charge in [-0.3, -0.25) is 0 Å². The van der Waals surface area contributed by atoms with Gasteiger partial charge >= 0.3 is 5.97 Å². The summed E-state index contributed by atoms with van der Waals surface area (Å²) in [6, 6.07) is 0. The predicted octanol–water partition coefficient (Wildman–Crippen LogP) is 2.68. The summed E-state index contributed by atoms with van der Waals surface area (Å²) < 4.78 is 5.92. The fraction of sp³-hybridized carbons (Fsp3) is 0.812. The molecule has 0 atom stereocenters. The molecule has 106 valence electrons. The topological polar surface area (TPSA) is 46.5 Å². The third kappa shape index (κ3) is 1.94. The zero-order valence-corrected chi connectivity index (χ0v) is 11.7. The average molecular weight is 264 g/mol. The molecule has 0 aromatic heterocycles. The molecular formula is C16H24O3. The highest BCUT2D eigenvalue weighted by molar-refractivity contribution is 5.88. The van der Waals surface area contributed by atoms with E-state index in [4.69, 9.17) is 9.84 Å². The van der Waals surface area contributed by atoms with Crippen molar-refractivity contribution in [3.63, 3.8) is 0 Å². The van der Waals surface area contributed by atoms with Crippen LogP contribution < -0.4 is 0 Å². The van der Waals surface area contributed by atoms with Crippen LogP contribution in [0.25, 0.3) is 0 Å². The number of esters is 1. The first-order valence-electron chi connectivity index (χ1n) is 7.61. The molecule has 0 spiro atoms. The van der Waals surface area contributed by atoms with Gasteiger partial charge in [0.1, 0.15) is 5.60 Å². The molecule has 4 saturated carbocycles. The Balaban J connectivity index is 1.83. The van der Waals surface area contributed by atoms with Crippen molar-refractivity contribution in [3.8, 4) is 0 Å². The second kappa shape index (κ2) is 4.62. The molecule has 0 radical (unpaired) electrons. The molecule has 0 unspecified atom stereocenters. The Morgan fingerprint density at radius 3 is 2.16 bits per heavy atom. The smallest absolute Gasteiger partial charge is 0.336 e. The molecule has 0 amide bonds. The standard InChI is InChI=1S/C16H24O3/c1-3-16(19-15(18)10(2)9-17)13-5-11-4-12(7-13)8-14(16)6-11/h11-14,17H,2-9H2,1H3. The molecule has 4 fully saturated rings. The Hall–Kier alpha value is -0.830. The summed E-state index contributed by atoms with van der Waals surface area (Å²) in [5.41, 5.74) is -0.0931. The van der Waals surface area contributed by atoms with E-state index in [2.05, 4.69) is 13.5 Å². The van der Waals surface area contributed by atoms with Crippen molar-refractivity contribution in [2.45, 2.75) is 51.0 Å². The van der Waals surface area contributed by atoms with Gasteiger partial charge in [-0.2, -0.15) is 0 Å². The first-order valence-corrected chi connectivity index (χ1v) is 7.61. The molecule has 3 nitrogen and oxygen atoms in total. The maximum absolute atomic E-state index is 12.0. The highest BCUT2D eigenvalue weighted by Gasteiger charge is 2.58. The van der Waals surface area contributed by atoms with Crippen molar-refractivity contribution in [2.75, 3.05) is 6.61 Å². The van der Waals surface area contributed by atoms with Crippen molar-refractivity contribution in [1.29, 1.82) is 0 Å². The van der Waals surface area contributed by atoms with Gasteiger partial charge in [0, 0.05) is 0 Å². The lowest BCUT2D eigenvalue weighted by Crippen LogP contribution is -2.59. The predicted molar refractivity (Wildman–Crippen MR) is 72.4 cm³/mol. The molecule has 3 heteroatoms. The third-order valence-corrected chi connectivity index (χ3v) is 5.83. The van der Waals surface area contributed by atoms with E-state index >= 15 is 0 Å². The number of aliphatic hydroxyl groups is 1. The minimum Gasteiger partial charge on any atom is -0.455 e. The number of hydrogen-bond donors (Lipinski definition) is 1.